The molecule has 196 valence electrons. The Bertz CT molecular complexity index is 1260. The van der Waals surface area contributed by atoms with E-state index in [1.165, 1.54) is 17.7 Å². The first kappa shape index (κ1) is 27.4. The molecular weight excluding hydrogens is 515 g/mol. The van der Waals surface area contributed by atoms with E-state index in [1.54, 1.807) is 24.3 Å². The van der Waals surface area contributed by atoms with E-state index in [1.807, 2.05) is 44.2 Å². The lowest BCUT2D eigenvalue weighted by Crippen LogP contribution is -2.27. The maximum atomic E-state index is 14.1. The number of alkyl halides is 2. The average Bonchev–Trinajstić information content (AvgIpc) is 2.79. The average molecular weight is 546 g/mol. The first-order valence-corrected chi connectivity index (χ1v) is 13.1. The molecule has 1 saturated carbocycles. The normalized spacial score (nSPS) is 14.6. The summed E-state index contributed by atoms with van der Waals surface area (Å²) in [5.41, 5.74) is 4.27. The fraction of sp³-hybridized carbons (Fsp3) is 0.333. The van der Waals surface area contributed by atoms with Crippen LogP contribution in [0.25, 0.3) is 0 Å². The van der Waals surface area contributed by atoms with Crippen molar-refractivity contribution in [2.45, 2.75) is 64.1 Å². The Kier molecular flexibility index (Phi) is 8.17. The highest BCUT2D eigenvalue weighted by Gasteiger charge is 2.37. The summed E-state index contributed by atoms with van der Waals surface area (Å²) in [4.78, 5) is 0. The third kappa shape index (κ3) is 6.46. The minimum atomic E-state index is -3.27. The number of hydrogen-bond acceptors (Lipinski definition) is 3. The second-order valence-electron chi connectivity index (χ2n) is 9.99. The van der Waals surface area contributed by atoms with Gasteiger partial charge in [0.2, 0.25) is 0 Å². The molecule has 3 aromatic carbocycles. The van der Waals surface area contributed by atoms with Gasteiger partial charge in [-0.15, -0.1) is 0 Å². The van der Waals surface area contributed by atoms with Gasteiger partial charge in [0, 0.05) is 39.0 Å². The van der Waals surface area contributed by atoms with Gasteiger partial charge < -0.3 is 15.2 Å². The Balaban J connectivity index is 1.46. The van der Waals surface area contributed by atoms with Gasteiger partial charge in [-0.1, -0.05) is 59.1 Å². The highest BCUT2D eigenvalue weighted by molar-refractivity contribution is 6.35. The van der Waals surface area contributed by atoms with Crippen LogP contribution < -0.4 is 10.1 Å². The number of anilines is 1. The van der Waals surface area contributed by atoms with Gasteiger partial charge in [-0.2, -0.15) is 8.78 Å². The molecule has 37 heavy (non-hydrogen) atoms. The zero-order chi connectivity index (χ0) is 26.8. The lowest BCUT2D eigenvalue weighted by molar-refractivity contribution is -0.106. The Morgan fingerprint density at radius 1 is 1.00 bits per heavy atom. The minimum absolute atomic E-state index is 0.185. The first-order valence-electron chi connectivity index (χ1n) is 12.3. The molecule has 2 N–H and O–H groups in total. The van der Waals surface area contributed by atoms with Crippen molar-refractivity contribution in [3.63, 3.8) is 0 Å². The molecule has 3 nitrogen and oxygen atoms in total. The van der Waals surface area contributed by atoms with Crippen LogP contribution in [-0.4, -0.2) is 11.2 Å². The van der Waals surface area contributed by atoms with Crippen molar-refractivity contribution in [2.24, 2.45) is 0 Å². The third-order valence-electron chi connectivity index (χ3n) is 6.73. The largest absolute Gasteiger partial charge is 0.483 e. The molecule has 0 radical (unpaired) electrons. The molecule has 0 spiro atoms. The number of hydrogen-bond donors (Lipinski definition) is 2. The topological polar surface area (TPSA) is 41.5 Å². The molecule has 1 aliphatic rings. The summed E-state index contributed by atoms with van der Waals surface area (Å²) in [5.74, 6) is -2.57. The number of rotatable bonds is 9. The maximum absolute atomic E-state index is 14.1. The van der Waals surface area contributed by atoms with Gasteiger partial charge in [0.1, 0.15) is 17.5 Å². The highest BCUT2D eigenvalue weighted by atomic mass is 35.5. The molecule has 0 heterocycles. The summed E-state index contributed by atoms with van der Waals surface area (Å²) in [7, 11) is 0. The van der Waals surface area contributed by atoms with Crippen LogP contribution in [0.3, 0.4) is 0 Å². The zero-order valence-electron chi connectivity index (χ0n) is 21.1. The predicted octanol–water partition coefficient (Wildman–Crippen LogP) is 8.87. The quantitative estimate of drug-likeness (QED) is 0.282. The molecular formula is C30H31Cl2F2NO2. The molecule has 0 bridgehead atoms. The van der Waals surface area contributed by atoms with E-state index in [2.05, 4.69) is 5.32 Å². The summed E-state index contributed by atoms with van der Waals surface area (Å²) in [6.45, 7) is 5.01. The number of nitrogens with one attached hydrogen (secondary N) is 1. The van der Waals surface area contributed by atoms with E-state index < -0.39 is 17.6 Å². The molecule has 1 aliphatic carbocycles. The van der Waals surface area contributed by atoms with Crippen molar-refractivity contribution in [1.82, 2.24) is 0 Å². The van der Waals surface area contributed by atoms with Crippen LogP contribution in [0.5, 0.6) is 5.75 Å². The fourth-order valence-electron chi connectivity index (χ4n) is 4.31. The van der Waals surface area contributed by atoms with Crippen molar-refractivity contribution in [3.05, 3.63) is 105 Å². The number of halogens is 4. The summed E-state index contributed by atoms with van der Waals surface area (Å²) in [6, 6.07) is 19.3. The second-order valence-corrected chi connectivity index (χ2v) is 10.8. The molecule has 0 saturated heterocycles. The van der Waals surface area contributed by atoms with Crippen molar-refractivity contribution in [2.75, 3.05) is 5.32 Å². The first-order chi connectivity index (χ1) is 17.5. The van der Waals surface area contributed by atoms with E-state index in [0.717, 1.165) is 48.7 Å². The third-order valence-corrected chi connectivity index (χ3v) is 7.28. The number of aliphatic hydroxyl groups excluding tert-OH is 1. The van der Waals surface area contributed by atoms with E-state index in [-0.39, 0.29) is 5.56 Å². The van der Waals surface area contributed by atoms with Crippen LogP contribution in [0.15, 0.2) is 78.0 Å². The van der Waals surface area contributed by atoms with E-state index in [4.69, 9.17) is 27.9 Å². The SMILES string of the molecule is CC(O)C(F)(F)c1ccc(CC(Nc2ccc(OC(C)(C)c3ccc(Cl)cc3Cl)cc2)=C2CCC2)cc1. The molecule has 3 aromatic rings. The van der Waals surface area contributed by atoms with Gasteiger partial charge in [-0.3, -0.25) is 0 Å². The van der Waals surface area contributed by atoms with Crippen LogP contribution >= 0.6 is 23.2 Å². The highest BCUT2D eigenvalue weighted by Crippen LogP contribution is 2.36. The standard InChI is InChI=1S/C30H31Cl2F2NO2/c1-19(36)30(33,34)22-9-7-20(8-10-22)17-28(21-5-4-6-21)35-24-12-14-25(15-13-24)37-29(2,3)26-16-11-23(31)18-27(26)32/h7-16,18-19,35-36H,4-6,17H2,1-3H3. The van der Waals surface area contributed by atoms with E-state index in [0.29, 0.717) is 22.2 Å². The lowest BCUT2D eigenvalue weighted by Gasteiger charge is -2.28. The van der Waals surface area contributed by atoms with E-state index in [9.17, 15) is 13.9 Å². The minimum Gasteiger partial charge on any atom is -0.483 e. The molecule has 1 atom stereocenters. The molecule has 0 aliphatic heterocycles. The fourth-order valence-corrected chi connectivity index (χ4v) is 4.95. The van der Waals surface area contributed by atoms with Gasteiger partial charge >= 0.3 is 0 Å². The lowest BCUT2D eigenvalue weighted by atomic mass is 9.88. The molecule has 0 amide bonds. The van der Waals surface area contributed by atoms with E-state index >= 15 is 0 Å². The Hall–Kier alpha value is -2.60. The van der Waals surface area contributed by atoms with Crippen molar-refractivity contribution >= 4 is 28.9 Å². The van der Waals surface area contributed by atoms with Crippen molar-refractivity contribution in [1.29, 1.82) is 0 Å². The molecule has 1 fully saturated rings. The summed E-state index contributed by atoms with van der Waals surface area (Å²) < 4.78 is 34.5. The number of ether oxygens (including phenoxy) is 1. The van der Waals surface area contributed by atoms with Crippen LogP contribution in [0.1, 0.15) is 56.7 Å². The van der Waals surface area contributed by atoms with Crippen LogP contribution in [-0.2, 0) is 17.9 Å². The Morgan fingerprint density at radius 2 is 1.65 bits per heavy atom. The summed E-state index contributed by atoms with van der Waals surface area (Å²) in [5, 5.41) is 14.1. The Morgan fingerprint density at radius 3 is 2.19 bits per heavy atom. The molecule has 0 aromatic heterocycles. The van der Waals surface area contributed by atoms with Gasteiger partial charge in [-0.25, -0.2) is 0 Å². The Labute approximate surface area is 227 Å². The summed E-state index contributed by atoms with van der Waals surface area (Å²) >= 11 is 12.4. The summed E-state index contributed by atoms with van der Waals surface area (Å²) in [6.07, 6.45) is 2.06. The number of aliphatic hydroxyl groups is 1. The van der Waals surface area contributed by atoms with Gasteiger partial charge in [0.15, 0.2) is 0 Å². The van der Waals surface area contributed by atoms with Crippen LogP contribution in [0.2, 0.25) is 10.0 Å². The van der Waals surface area contributed by atoms with Crippen LogP contribution in [0.4, 0.5) is 14.5 Å². The van der Waals surface area contributed by atoms with Crippen molar-refractivity contribution < 1.29 is 18.6 Å². The second kappa shape index (κ2) is 11.0. The predicted molar refractivity (Wildman–Crippen MR) is 147 cm³/mol. The monoisotopic (exact) mass is 545 g/mol. The van der Waals surface area contributed by atoms with Crippen LogP contribution in [0, 0.1) is 0 Å². The zero-order valence-corrected chi connectivity index (χ0v) is 22.6. The molecule has 7 heteroatoms. The smallest absolute Gasteiger partial charge is 0.298 e. The molecule has 1 unspecified atom stereocenters. The van der Waals surface area contributed by atoms with Gasteiger partial charge in [-0.05, 0) is 82.0 Å². The van der Waals surface area contributed by atoms with Gasteiger partial charge in [0.25, 0.3) is 5.92 Å². The molecule has 4 rings (SSSR count). The number of allylic oxidation sites excluding steroid dienone is 2. The maximum Gasteiger partial charge on any atom is 0.298 e. The van der Waals surface area contributed by atoms with Gasteiger partial charge in [0.05, 0.1) is 0 Å². The number of benzene rings is 3. The van der Waals surface area contributed by atoms with Crippen molar-refractivity contribution in [3.8, 4) is 5.75 Å².